The Labute approximate surface area is 147 Å². The Hall–Kier alpha value is -2.38. The Kier molecular flexibility index (Phi) is 5.06. The van der Waals surface area contributed by atoms with Gasteiger partial charge in [-0.15, -0.1) is 0 Å². The van der Waals surface area contributed by atoms with Gasteiger partial charge in [0.25, 0.3) is 5.91 Å². The molecule has 0 atom stereocenters. The molecule has 1 aliphatic rings. The number of rotatable bonds is 5. The van der Waals surface area contributed by atoms with Crippen molar-refractivity contribution in [2.24, 2.45) is 0 Å². The summed E-state index contributed by atoms with van der Waals surface area (Å²) < 4.78 is 31.7. The minimum Gasteiger partial charge on any atom is -0.484 e. The van der Waals surface area contributed by atoms with Gasteiger partial charge in [0.1, 0.15) is 5.75 Å². The number of hydrogen-bond donors (Lipinski definition) is 1. The Morgan fingerprint density at radius 2 is 1.92 bits per heavy atom. The number of hydrogen-bond acceptors (Lipinski definition) is 4. The van der Waals surface area contributed by atoms with Crippen LogP contribution in [0, 0.1) is 0 Å². The number of carbonyl (C=O) groups is 1. The molecule has 25 heavy (non-hydrogen) atoms. The van der Waals surface area contributed by atoms with Gasteiger partial charge in [0.15, 0.2) is 6.61 Å². The largest absolute Gasteiger partial charge is 0.484 e. The average molecular weight is 360 g/mol. The van der Waals surface area contributed by atoms with Crippen LogP contribution in [0.3, 0.4) is 0 Å². The first-order valence-corrected chi connectivity index (χ1v) is 9.49. The Morgan fingerprint density at radius 3 is 2.64 bits per heavy atom. The molecule has 0 saturated carbocycles. The monoisotopic (exact) mass is 360 g/mol. The SMILES string of the molecule is CNS(=O)(=O)c1ccc2c(c1)CN(C(=O)COc1ccccc1)CC2. The molecule has 3 rings (SSSR count). The second-order valence-corrected chi connectivity index (χ2v) is 7.69. The van der Waals surface area contributed by atoms with Gasteiger partial charge in [0.2, 0.25) is 10.0 Å². The van der Waals surface area contributed by atoms with Crippen molar-refractivity contribution in [1.82, 2.24) is 9.62 Å². The molecule has 0 saturated heterocycles. The molecule has 0 aromatic heterocycles. The number of para-hydroxylation sites is 1. The lowest BCUT2D eigenvalue weighted by atomic mass is 10.00. The van der Waals surface area contributed by atoms with Crippen molar-refractivity contribution in [3.63, 3.8) is 0 Å². The maximum atomic E-state index is 12.4. The van der Waals surface area contributed by atoms with Crippen LogP contribution in [0.5, 0.6) is 5.75 Å². The highest BCUT2D eigenvalue weighted by atomic mass is 32.2. The van der Waals surface area contributed by atoms with Crippen LogP contribution in [0.15, 0.2) is 53.4 Å². The molecule has 0 bridgehead atoms. The number of carbonyl (C=O) groups excluding carboxylic acids is 1. The standard InChI is InChI=1S/C18H20N2O4S/c1-19-25(22,23)17-8-7-14-9-10-20(12-15(14)11-17)18(21)13-24-16-5-3-2-4-6-16/h2-8,11,19H,9-10,12-13H2,1H3. The third-order valence-corrected chi connectivity index (χ3v) is 5.64. The molecule has 132 valence electrons. The summed E-state index contributed by atoms with van der Waals surface area (Å²) in [6, 6.07) is 14.2. The molecule has 7 heteroatoms. The first-order valence-electron chi connectivity index (χ1n) is 8.00. The summed E-state index contributed by atoms with van der Waals surface area (Å²) in [6.45, 7) is 0.954. The Morgan fingerprint density at radius 1 is 1.16 bits per heavy atom. The van der Waals surface area contributed by atoms with Gasteiger partial charge in [-0.2, -0.15) is 0 Å². The summed E-state index contributed by atoms with van der Waals surface area (Å²) in [4.78, 5) is 14.3. The fourth-order valence-corrected chi connectivity index (χ4v) is 3.56. The van der Waals surface area contributed by atoms with Gasteiger partial charge < -0.3 is 9.64 Å². The van der Waals surface area contributed by atoms with Gasteiger partial charge in [0.05, 0.1) is 4.90 Å². The van der Waals surface area contributed by atoms with Crippen LogP contribution < -0.4 is 9.46 Å². The zero-order valence-electron chi connectivity index (χ0n) is 13.9. The molecule has 6 nitrogen and oxygen atoms in total. The minimum atomic E-state index is -3.49. The predicted octanol–water partition coefficient (Wildman–Crippen LogP) is 1.56. The van der Waals surface area contributed by atoms with Gasteiger partial charge in [-0.05, 0) is 48.9 Å². The molecular weight excluding hydrogens is 340 g/mol. The number of fused-ring (bicyclic) bond motifs is 1. The molecule has 2 aromatic rings. The topological polar surface area (TPSA) is 75.7 Å². The number of benzene rings is 2. The molecule has 0 unspecified atom stereocenters. The van der Waals surface area contributed by atoms with E-state index in [0.29, 0.717) is 25.3 Å². The lowest BCUT2D eigenvalue weighted by Crippen LogP contribution is -2.39. The van der Waals surface area contributed by atoms with E-state index in [1.165, 1.54) is 7.05 Å². The van der Waals surface area contributed by atoms with E-state index in [4.69, 9.17) is 4.74 Å². The van der Waals surface area contributed by atoms with Crippen LogP contribution in [0.4, 0.5) is 0 Å². The van der Waals surface area contributed by atoms with Crippen LogP contribution in [0.25, 0.3) is 0 Å². The number of sulfonamides is 1. The summed E-state index contributed by atoms with van der Waals surface area (Å²) >= 11 is 0. The van der Waals surface area contributed by atoms with E-state index in [2.05, 4.69) is 4.72 Å². The normalized spacial score (nSPS) is 14.0. The molecule has 1 aliphatic heterocycles. The summed E-state index contributed by atoms with van der Waals surface area (Å²) in [6.07, 6.45) is 0.701. The molecule has 1 N–H and O–H groups in total. The second-order valence-electron chi connectivity index (χ2n) is 5.81. The first kappa shape index (κ1) is 17.4. The van der Waals surface area contributed by atoms with E-state index >= 15 is 0 Å². The third kappa shape index (κ3) is 4.00. The van der Waals surface area contributed by atoms with Gasteiger partial charge in [0, 0.05) is 13.1 Å². The van der Waals surface area contributed by atoms with Gasteiger partial charge in [-0.1, -0.05) is 24.3 Å². The smallest absolute Gasteiger partial charge is 0.260 e. The molecule has 0 spiro atoms. The van der Waals surface area contributed by atoms with Crippen LogP contribution in [-0.4, -0.2) is 39.4 Å². The number of nitrogens with zero attached hydrogens (tertiary/aromatic N) is 1. The molecule has 0 radical (unpaired) electrons. The first-order chi connectivity index (χ1) is 12.0. The van der Waals surface area contributed by atoms with E-state index in [9.17, 15) is 13.2 Å². The van der Waals surface area contributed by atoms with Gasteiger partial charge in [-0.3, -0.25) is 4.79 Å². The maximum absolute atomic E-state index is 12.4. The zero-order chi connectivity index (χ0) is 17.9. The van der Waals surface area contributed by atoms with Crippen molar-refractivity contribution in [1.29, 1.82) is 0 Å². The number of ether oxygens (including phenoxy) is 1. The van der Waals surface area contributed by atoms with Crippen LogP contribution >= 0.6 is 0 Å². The van der Waals surface area contributed by atoms with Crippen molar-refractivity contribution in [2.45, 2.75) is 17.9 Å². The van der Waals surface area contributed by atoms with Crippen LogP contribution in [0.1, 0.15) is 11.1 Å². The second kappa shape index (κ2) is 7.25. The van der Waals surface area contributed by atoms with E-state index in [0.717, 1.165) is 11.1 Å². The van der Waals surface area contributed by atoms with Gasteiger partial charge in [-0.25, -0.2) is 13.1 Å². The predicted molar refractivity (Wildman–Crippen MR) is 93.7 cm³/mol. The maximum Gasteiger partial charge on any atom is 0.260 e. The third-order valence-electron chi connectivity index (χ3n) is 4.23. The summed E-state index contributed by atoms with van der Waals surface area (Å²) in [7, 11) is -2.11. The van der Waals surface area contributed by atoms with Gasteiger partial charge >= 0.3 is 0 Å². The van der Waals surface area contributed by atoms with E-state index in [1.807, 2.05) is 24.3 Å². The molecular formula is C18H20N2O4S. The van der Waals surface area contributed by atoms with Crippen LogP contribution in [0.2, 0.25) is 0 Å². The molecule has 1 amide bonds. The lowest BCUT2D eigenvalue weighted by Gasteiger charge is -2.29. The van der Waals surface area contributed by atoms with Crippen molar-refractivity contribution >= 4 is 15.9 Å². The fraction of sp³-hybridized carbons (Fsp3) is 0.278. The average Bonchev–Trinajstić information content (AvgIpc) is 2.66. The van der Waals surface area contributed by atoms with Crippen molar-refractivity contribution in [3.05, 3.63) is 59.7 Å². The van der Waals surface area contributed by atoms with Crippen LogP contribution in [-0.2, 0) is 27.8 Å². The van der Waals surface area contributed by atoms with Crippen molar-refractivity contribution in [3.8, 4) is 5.75 Å². The van der Waals surface area contributed by atoms with E-state index < -0.39 is 10.0 Å². The number of nitrogens with one attached hydrogen (secondary N) is 1. The Bertz CT molecular complexity index is 866. The minimum absolute atomic E-state index is 0.0339. The number of amides is 1. The zero-order valence-corrected chi connectivity index (χ0v) is 14.8. The van der Waals surface area contributed by atoms with Crippen molar-refractivity contribution < 1.29 is 17.9 Å². The Balaban J connectivity index is 1.69. The highest BCUT2D eigenvalue weighted by Gasteiger charge is 2.23. The summed E-state index contributed by atoms with van der Waals surface area (Å²) in [5.74, 6) is 0.534. The van der Waals surface area contributed by atoms with Crippen molar-refractivity contribution in [2.75, 3.05) is 20.2 Å². The summed E-state index contributed by atoms with van der Waals surface area (Å²) in [5.41, 5.74) is 1.93. The summed E-state index contributed by atoms with van der Waals surface area (Å²) in [5, 5.41) is 0. The molecule has 0 aliphatic carbocycles. The molecule has 1 heterocycles. The fourth-order valence-electron chi connectivity index (χ4n) is 2.78. The van der Waals surface area contributed by atoms with E-state index in [1.54, 1.807) is 29.2 Å². The molecule has 2 aromatic carbocycles. The quantitative estimate of drug-likeness (QED) is 0.878. The lowest BCUT2D eigenvalue weighted by molar-refractivity contribution is -0.134. The molecule has 0 fully saturated rings. The van der Waals surface area contributed by atoms with E-state index in [-0.39, 0.29) is 17.4 Å². The highest BCUT2D eigenvalue weighted by Crippen LogP contribution is 2.22. The highest BCUT2D eigenvalue weighted by molar-refractivity contribution is 7.89.